The van der Waals surface area contributed by atoms with Gasteiger partial charge in [-0.25, -0.2) is 4.79 Å². The van der Waals surface area contributed by atoms with Gasteiger partial charge in [0.2, 0.25) is 0 Å². The number of hydrogen-bond acceptors (Lipinski definition) is 7. The van der Waals surface area contributed by atoms with Gasteiger partial charge in [0, 0.05) is 0 Å². The number of rotatable bonds is 7. The molecule has 2 heterocycles. The first-order chi connectivity index (χ1) is 13.5. The van der Waals surface area contributed by atoms with Crippen LogP contribution < -0.4 is 4.74 Å². The van der Waals surface area contributed by atoms with Gasteiger partial charge in [-0.2, -0.15) is 0 Å². The molecule has 8 heteroatoms. The molecule has 0 saturated carbocycles. The molecular weight excluding hydrogens is 392 g/mol. The molecule has 162 valence electrons. The summed E-state index contributed by atoms with van der Waals surface area (Å²) < 4.78 is 34.8. The molecule has 2 bridgehead atoms. The number of ether oxygens (including phenoxy) is 5. The Balaban J connectivity index is 1.83. The van der Waals surface area contributed by atoms with Crippen LogP contribution in [0.4, 0.5) is 0 Å². The predicted molar refractivity (Wildman–Crippen MR) is 109 cm³/mol. The van der Waals surface area contributed by atoms with Gasteiger partial charge in [-0.05, 0) is 35.8 Å². The van der Waals surface area contributed by atoms with E-state index in [4.69, 9.17) is 28.1 Å². The minimum Gasteiger partial charge on any atom is -0.497 e. The van der Waals surface area contributed by atoms with Crippen LogP contribution in [0.25, 0.3) is 0 Å². The topological polar surface area (TPSA) is 72.5 Å². The van der Waals surface area contributed by atoms with E-state index in [1.165, 1.54) is 7.11 Å². The number of fused-ring (bicyclic) bond motifs is 2. The Labute approximate surface area is 173 Å². The van der Waals surface area contributed by atoms with Crippen molar-refractivity contribution in [1.82, 2.24) is 0 Å². The molecule has 3 rings (SSSR count). The van der Waals surface area contributed by atoms with E-state index < -0.39 is 32.3 Å². The van der Waals surface area contributed by atoms with E-state index in [1.54, 1.807) is 7.11 Å². The first kappa shape index (κ1) is 22.2. The molecular formula is C21H32O7Si. The molecule has 29 heavy (non-hydrogen) atoms. The molecule has 0 radical (unpaired) electrons. The van der Waals surface area contributed by atoms with Crippen LogP contribution in [-0.4, -0.2) is 59.2 Å². The Kier molecular flexibility index (Phi) is 6.13. The molecule has 7 nitrogen and oxygen atoms in total. The summed E-state index contributed by atoms with van der Waals surface area (Å²) in [7, 11) is 0.718. The number of carbonyl (C=O) groups is 1. The number of hydrogen-bond donors (Lipinski definition) is 0. The summed E-state index contributed by atoms with van der Waals surface area (Å²) in [4.78, 5) is 12.6. The SMILES string of the molecule is COC(=O)C12OCC(O1)[C@H](OCc1ccc(OC)cc1)[C@H]2O[Si](C)(C)C(C)(C)C. The van der Waals surface area contributed by atoms with E-state index in [1.807, 2.05) is 24.3 Å². The van der Waals surface area contributed by atoms with Crippen molar-refractivity contribution in [2.45, 2.75) is 69.6 Å². The number of benzene rings is 1. The zero-order chi connectivity index (χ0) is 21.4. The lowest BCUT2D eigenvalue weighted by atomic mass is 10.0. The molecule has 1 aromatic carbocycles. The van der Waals surface area contributed by atoms with Crippen molar-refractivity contribution in [3.05, 3.63) is 29.8 Å². The van der Waals surface area contributed by atoms with Crippen molar-refractivity contribution >= 4 is 14.3 Å². The monoisotopic (exact) mass is 424 g/mol. The zero-order valence-corrected chi connectivity index (χ0v) is 19.3. The molecule has 2 unspecified atom stereocenters. The summed E-state index contributed by atoms with van der Waals surface area (Å²) >= 11 is 0. The lowest BCUT2D eigenvalue weighted by molar-refractivity contribution is -0.225. The standard InChI is InChI=1S/C21H32O7Si/c1-20(2,3)29(6,7)28-18-17(16-13-26-21(18,27-16)19(22)24-5)25-12-14-8-10-15(23-4)11-9-14/h8-11,16-18H,12-13H2,1-7H3/t16?,17-,18+,21?/m0/s1. The maximum atomic E-state index is 12.6. The van der Waals surface area contributed by atoms with Gasteiger partial charge in [0.1, 0.15) is 24.1 Å². The Hall–Kier alpha value is -1.45. The first-order valence-electron chi connectivity index (χ1n) is 9.86. The molecule has 2 fully saturated rings. The lowest BCUT2D eigenvalue weighted by Crippen LogP contribution is -2.60. The molecule has 0 aliphatic carbocycles. The molecule has 0 spiro atoms. The smallest absolute Gasteiger partial charge is 0.369 e. The first-order valence-corrected chi connectivity index (χ1v) is 12.8. The third kappa shape index (κ3) is 4.09. The van der Waals surface area contributed by atoms with E-state index >= 15 is 0 Å². The van der Waals surface area contributed by atoms with Crippen molar-refractivity contribution in [2.24, 2.45) is 0 Å². The van der Waals surface area contributed by atoms with Gasteiger partial charge in [0.25, 0.3) is 5.79 Å². The lowest BCUT2D eigenvalue weighted by Gasteiger charge is -2.43. The van der Waals surface area contributed by atoms with Crippen LogP contribution in [0.1, 0.15) is 26.3 Å². The van der Waals surface area contributed by atoms with Gasteiger partial charge in [0.15, 0.2) is 8.32 Å². The second-order valence-electron chi connectivity index (χ2n) is 9.05. The van der Waals surface area contributed by atoms with E-state index in [-0.39, 0.29) is 17.7 Å². The highest BCUT2D eigenvalue weighted by atomic mass is 28.4. The Bertz CT molecular complexity index is 728. The predicted octanol–water partition coefficient (Wildman–Crippen LogP) is 3.27. The summed E-state index contributed by atoms with van der Waals surface area (Å²) in [5.74, 6) is -1.37. The van der Waals surface area contributed by atoms with Crippen LogP contribution in [0.5, 0.6) is 5.75 Å². The normalized spacial score (nSPS) is 29.1. The largest absolute Gasteiger partial charge is 0.497 e. The second-order valence-corrected chi connectivity index (χ2v) is 13.8. The van der Waals surface area contributed by atoms with Gasteiger partial charge in [-0.15, -0.1) is 0 Å². The highest BCUT2D eigenvalue weighted by Crippen LogP contribution is 2.47. The highest BCUT2D eigenvalue weighted by Gasteiger charge is 2.69. The molecule has 4 atom stereocenters. The van der Waals surface area contributed by atoms with Crippen LogP contribution in [0, 0.1) is 0 Å². The fourth-order valence-corrected chi connectivity index (χ4v) is 4.61. The number of carbonyl (C=O) groups excluding carboxylic acids is 1. The minimum atomic E-state index is -2.24. The van der Waals surface area contributed by atoms with Crippen LogP contribution in [0.3, 0.4) is 0 Å². The second kappa shape index (κ2) is 8.00. The number of esters is 1. The van der Waals surface area contributed by atoms with E-state index in [9.17, 15) is 4.79 Å². The third-order valence-electron chi connectivity index (χ3n) is 6.13. The van der Waals surface area contributed by atoms with Crippen LogP contribution in [0.2, 0.25) is 18.1 Å². The number of methoxy groups -OCH3 is 2. The van der Waals surface area contributed by atoms with Crippen molar-refractivity contribution in [3.63, 3.8) is 0 Å². The summed E-state index contributed by atoms with van der Waals surface area (Å²) in [6, 6.07) is 7.67. The van der Waals surface area contributed by atoms with Crippen LogP contribution in [-0.2, 0) is 34.8 Å². The third-order valence-corrected chi connectivity index (χ3v) is 10.6. The minimum absolute atomic E-state index is 0.0489. The summed E-state index contributed by atoms with van der Waals surface area (Å²) in [6.45, 7) is 11.3. The molecule has 0 N–H and O–H groups in total. The van der Waals surface area contributed by atoms with Crippen LogP contribution in [0.15, 0.2) is 24.3 Å². The average Bonchev–Trinajstić information content (AvgIpc) is 3.23. The van der Waals surface area contributed by atoms with Crippen molar-refractivity contribution in [2.75, 3.05) is 20.8 Å². The van der Waals surface area contributed by atoms with Gasteiger partial charge < -0.3 is 28.1 Å². The van der Waals surface area contributed by atoms with E-state index in [0.29, 0.717) is 6.61 Å². The molecule has 1 aromatic rings. The highest BCUT2D eigenvalue weighted by molar-refractivity contribution is 6.74. The molecule has 2 aliphatic rings. The fourth-order valence-electron chi connectivity index (χ4n) is 3.33. The van der Waals surface area contributed by atoms with E-state index in [2.05, 4.69) is 33.9 Å². The molecule has 0 aromatic heterocycles. The van der Waals surface area contributed by atoms with Gasteiger partial charge in [0.05, 0.1) is 27.4 Å². The Morgan fingerprint density at radius 3 is 2.41 bits per heavy atom. The van der Waals surface area contributed by atoms with Crippen molar-refractivity contribution in [1.29, 1.82) is 0 Å². The maximum absolute atomic E-state index is 12.6. The summed E-state index contributed by atoms with van der Waals surface area (Å²) in [6.07, 6.45) is -1.51. The Morgan fingerprint density at radius 1 is 1.21 bits per heavy atom. The summed E-state index contributed by atoms with van der Waals surface area (Å²) in [5, 5.41) is -0.0489. The Morgan fingerprint density at radius 2 is 1.86 bits per heavy atom. The quantitative estimate of drug-likeness (QED) is 0.491. The molecule has 0 amide bonds. The maximum Gasteiger partial charge on any atom is 0.369 e. The average molecular weight is 425 g/mol. The molecule has 2 saturated heterocycles. The van der Waals surface area contributed by atoms with Crippen LogP contribution >= 0.6 is 0 Å². The van der Waals surface area contributed by atoms with Crippen molar-refractivity contribution < 1.29 is 32.9 Å². The van der Waals surface area contributed by atoms with Gasteiger partial charge in [-0.3, -0.25) is 0 Å². The summed E-state index contributed by atoms with van der Waals surface area (Å²) in [5.41, 5.74) is 0.993. The van der Waals surface area contributed by atoms with E-state index in [0.717, 1.165) is 11.3 Å². The van der Waals surface area contributed by atoms with Gasteiger partial charge >= 0.3 is 5.97 Å². The molecule has 2 aliphatic heterocycles. The zero-order valence-electron chi connectivity index (χ0n) is 18.3. The fraction of sp³-hybridized carbons (Fsp3) is 0.667. The van der Waals surface area contributed by atoms with Gasteiger partial charge in [-0.1, -0.05) is 32.9 Å². The van der Waals surface area contributed by atoms with Crippen molar-refractivity contribution in [3.8, 4) is 5.75 Å².